The van der Waals surface area contributed by atoms with E-state index >= 15 is 0 Å². The molecule has 0 aliphatic carbocycles. The number of rotatable bonds is 2. The maximum Gasteiger partial charge on any atom is 0.129 e. The van der Waals surface area contributed by atoms with E-state index < -0.39 is 0 Å². The van der Waals surface area contributed by atoms with Crippen molar-refractivity contribution in [2.45, 2.75) is 19.3 Å². The van der Waals surface area contributed by atoms with Crippen LogP contribution >= 0.6 is 0 Å². The third kappa shape index (κ3) is 1.72. The topological polar surface area (TPSA) is 21.6 Å². The number of nitrogens with zero attached hydrogens (tertiary/aromatic N) is 1. The van der Waals surface area contributed by atoms with Crippen LogP contribution in [0.5, 0.6) is 0 Å². The minimum absolute atomic E-state index is 0.353. The summed E-state index contributed by atoms with van der Waals surface area (Å²) in [4.78, 5) is 4.94. The van der Waals surface area contributed by atoms with Crippen molar-refractivity contribution in [2.75, 3.05) is 6.61 Å². The molecule has 68 valence electrons. The van der Waals surface area contributed by atoms with E-state index in [0.717, 1.165) is 6.42 Å². The fourth-order valence-electron chi connectivity index (χ4n) is 1.47. The van der Waals surface area contributed by atoms with Gasteiger partial charge in [-0.1, -0.05) is 36.3 Å². The lowest BCUT2D eigenvalue weighted by Crippen LogP contribution is -2.00. The molecular formula is C11H13NO. The van der Waals surface area contributed by atoms with Gasteiger partial charge in [-0.25, -0.2) is 0 Å². The summed E-state index contributed by atoms with van der Waals surface area (Å²) < 4.78 is 0. The van der Waals surface area contributed by atoms with E-state index in [0.29, 0.717) is 12.5 Å². The van der Waals surface area contributed by atoms with Crippen LogP contribution in [0.15, 0.2) is 29.4 Å². The van der Waals surface area contributed by atoms with Crippen LogP contribution < -0.4 is 0 Å². The summed E-state index contributed by atoms with van der Waals surface area (Å²) in [5.74, 6) is 0.353. The second-order valence-corrected chi connectivity index (χ2v) is 3.25. The first-order valence-electron chi connectivity index (χ1n) is 4.64. The predicted octanol–water partition coefficient (Wildman–Crippen LogP) is 2.35. The molecule has 0 amide bonds. The second-order valence-electron chi connectivity index (χ2n) is 3.25. The summed E-state index contributed by atoms with van der Waals surface area (Å²) in [5, 5.41) is 3.76. The van der Waals surface area contributed by atoms with Gasteiger partial charge in [-0.2, -0.15) is 0 Å². The Kier molecular flexibility index (Phi) is 2.30. The Labute approximate surface area is 78.2 Å². The molecule has 0 aromatic heterocycles. The number of hydrogen-bond donors (Lipinski definition) is 0. The molecule has 2 rings (SSSR count). The smallest absolute Gasteiger partial charge is 0.129 e. The molecule has 1 unspecified atom stereocenters. The standard InChI is InChI=1S/C11H13NO/c1-2-9-3-5-10(6-4-9)11-7-12-13-8-11/h3-7,11H,2,8H2,1H3. The lowest BCUT2D eigenvalue weighted by molar-refractivity contribution is 0.166. The van der Waals surface area contributed by atoms with E-state index in [-0.39, 0.29) is 0 Å². The van der Waals surface area contributed by atoms with Crippen molar-refractivity contribution in [1.82, 2.24) is 0 Å². The molecule has 0 bridgehead atoms. The number of benzene rings is 1. The molecule has 0 N–H and O–H groups in total. The van der Waals surface area contributed by atoms with Crippen molar-refractivity contribution < 1.29 is 4.84 Å². The highest BCUT2D eigenvalue weighted by molar-refractivity contribution is 5.68. The van der Waals surface area contributed by atoms with Crippen LogP contribution in [0.25, 0.3) is 0 Å². The number of hydrogen-bond acceptors (Lipinski definition) is 2. The van der Waals surface area contributed by atoms with E-state index in [1.165, 1.54) is 11.1 Å². The van der Waals surface area contributed by atoms with E-state index in [4.69, 9.17) is 4.84 Å². The molecule has 2 nitrogen and oxygen atoms in total. The van der Waals surface area contributed by atoms with E-state index in [2.05, 4.69) is 36.3 Å². The van der Waals surface area contributed by atoms with Crippen molar-refractivity contribution in [3.05, 3.63) is 35.4 Å². The van der Waals surface area contributed by atoms with E-state index in [1.54, 1.807) is 0 Å². The van der Waals surface area contributed by atoms with Crippen molar-refractivity contribution >= 4 is 6.21 Å². The summed E-state index contributed by atoms with van der Waals surface area (Å²) in [6, 6.07) is 8.65. The Morgan fingerprint density at radius 2 is 2.15 bits per heavy atom. The Balaban J connectivity index is 2.17. The zero-order chi connectivity index (χ0) is 9.10. The summed E-state index contributed by atoms with van der Waals surface area (Å²) in [5.41, 5.74) is 2.66. The van der Waals surface area contributed by atoms with Crippen LogP contribution in [0.1, 0.15) is 24.0 Å². The first kappa shape index (κ1) is 8.30. The SMILES string of the molecule is CCc1ccc(C2C=NOC2)cc1. The first-order valence-corrected chi connectivity index (χ1v) is 4.64. The molecule has 1 heterocycles. The van der Waals surface area contributed by atoms with Crippen LogP contribution in [0.3, 0.4) is 0 Å². The molecule has 0 radical (unpaired) electrons. The van der Waals surface area contributed by atoms with E-state index in [9.17, 15) is 0 Å². The monoisotopic (exact) mass is 175 g/mol. The second kappa shape index (κ2) is 3.60. The molecule has 1 aliphatic heterocycles. The van der Waals surface area contributed by atoms with Crippen molar-refractivity contribution in [3.8, 4) is 0 Å². The lowest BCUT2D eigenvalue weighted by atomic mass is 10.00. The average molecular weight is 175 g/mol. The van der Waals surface area contributed by atoms with Crippen molar-refractivity contribution in [1.29, 1.82) is 0 Å². The fourth-order valence-corrected chi connectivity index (χ4v) is 1.47. The molecule has 1 atom stereocenters. The van der Waals surface area contributed by atoms with Gasteiger partial charge in [-0.05, 0) is 17.5 Å². The maximum atomic E-state index is 4.94. The molecule has 0 fully saturated rings. The number of aryl methyl sites for hydroxylation is 1. The first-order chi connectivity index (χ1) is 6.40. The van der Waals surface area contributed by atoms with Crippen LogP contribution in [0.2, 0.25) is 0 Å². The van der Waals surface area contributed by atoms with Gasteiger partial charge in [0.1, 0.15) is 6.61 Å². The highest BCUT2D eigenvalue weighted by Crippen LogP contribution is 2.18. The largest absolute Gasteiger partial charge is 0.395 e. The van der Waals surface area contributed by atoms with Gasteiger partial charge in [0, 0.05) is 0 Å². The third-order valence-corrected chi connectivity index (χ3v) is 2.39. The van der Waals surface area contributed by atoms with Gasteiger partial charge in [0.2, 0.25) is 0 Å². The third-order valence-electron chi connectivity index (χ3n) is 2.39. The molecule has 1 aromatic carbocycles. The highest BCUT2D eigenvalue weighted by Gasteiger charge is 2.13. The van der Waals surface area contributed by atoms with Gasteiger partial charge in [-0.3, -0.25) is 0 Å². The summed E-state index contributed by atoms with van der Waals surface area (Å²) in [7, 11) is 0. The van der Waals surface area contributed by atoms with Crippen molar-refractivity contribution in [3.63, 3.8) is 0 Å². The average Bonchev–Trinajstić information content (AvgIpc) is 2.71. The van der Waals surface area contributed by atoms with Gasteiger partial charge in [0.05, 0.1) is 12.1 Å². The van der Waals surface area contributed by atoms with Crippen LogP contribution in [-0.2, 0) is 11.3 Å². The molecule has 0 saturated heterocycles. The lowest BCUT2D eigenvalue weighted by Gasteiger charge is -2.05. The molecule has 2 heteroatoms. The molecule has 1 aliphatic rings. The Hall–Kier alpha value is -1.31. The normalized spacial score (nSPS) is 20.2. The predicted molar refractivity (Wildman–Crippen MR) is 53.0 cm³/mol. The molecule has 0 spiro atoms. The zero-order valence-corrected chi connectivity index (χ0v) is 7.73. The van der Waals surface area contributed by atoms with Gasteiger partial charge in [-0.15, -0.1) is 0 Å². The van der Waals surface area contributed by atoms with Gasteiger partial charge >= 0.3 is 0 Å². The Bertz CT molecular complexity index is 302. The Morgan fingerprint density at radius 1 is 1.38 bits per heavy atom. The van der Waals surface area contributed by atoms with Gasteiger partial charge < -0.3 is 4.84 Å². The minimum Gasteiger partial charge on any atom is -0.395 e. The maximum absolute atomic E-state index is 4.94. The van der Waals surface area contributed by atoms with Crippen LogP contribution in [0.4, 0.5) is 0 Å². The van der Waals surface area contributed by atoms with Crippen LogP contribution in [0, 0.1) is 0 Å². The quantitative estimate of drug-likeness (QED) is 0.676. The van der Waals surface area contributed by atoms with E-state index in [1.807, 2.05) is 6.21 Å². The molecule has 13 heavy (non-hydrogen) atoms. The molecule has 0 saturated carbocycles. The summed E-state index contributed by atoms with van der Waals surface area (Å²) in [6.07, 6.45) is 2.95. The summed E-state index contributed by atoms with van der Waals surface area (Å²) >= 11 is 0. The molecule has 1 aromatic rings. The highest BCUT2D eigenvalue weighted by atomic mass is 16.6. The fraction of sp³-hybridized carbons (Fsp3) is 0.364. The summed E-state index contributed by atoms with van der Waals surface area (Å²) in [6.45, 7) is 2.85. The van der Waals surface area contributed by atoms with Crippen LogP contribution in [-0.4, -0.2) is 12.8 Å². The van der Waals surface area contributed by atoms with Gasteiger partial charge in [0.15, 0.2) is 0 Å². The van der Waals surface area contributed by atoms with Crippen molar-refractivity contribution in [2.24, 2.45) is 5.16 Å². The van der Waals surface area contributed by atoms with Gasteiger partial charge in [0.25, 0.3) is 0 Å². The zero-order valence-electron chi connectivity index (χ0n) is 7.73. The molecular weight excluding hydrogens is 162 g/mol. The minimum atomic E-state index is 0.353. The Morgan fingerprint density at radius 3 is 2.69 bits per heavy atom. The number of oxime groups is 1.